The van der Waals surface area contributed by atoms with E-state index >= 15 is 0 Å². The van der Waals surface area contributed by atoms with Crippen LogP contribution in [0.15, 0.2) is 24.3 Å². The van der Waals surface area contributed by atoms with E-state index in [1.165, 1.54) is 27.6 Å². The summed E-state index contributed by atoms with van der Waals surface area (Å²) in [6, 6.07) is 6.79. The molecular weight excluding hydrogens is 348 g/mol. The molecule has 1 aliphatic heterocycles. The van der Waals surface area contributed by atoms with E-state index in [2.05, 4.69) is 25.7 Å². The average Bonchev–Trinajstić information content (AvgIpc) is 3.25. The van der Waals surface area contributed by atoms with Crippen LogP contribution < -0.4 is 5.32 Å². The first-order chi connectivity index (χ1) is 11.6. The van der Waals surface area contributed by atoms with Crippen LogP contribution in [0, 0.1) is 6.92 Å². The first kappa shape index (κ1) is 14.8. The van der Waals surface area contributed by atoms with Gasteiger partial charge in [0.2, 0.25) is 10.3 Å². The number of benzene rings is 1. The Labute approximate surface area is 144 Å². The number of hydrogen-bond donors (Lipinski definition) is 1. The first-order valence-electron chi connectivity index (χ1n) is 6.96. The Morgan fingerprint density at radius 3 is 2.21 bits per heavy atom. The van der Waals surface area contributed by atoms with Gasteiger partial charge >= 0.3 is 0 Å². The number of nitrogens with one attached hydrogen (secondary N) is 1. The fraction of sp³-hybridized carbons (Fsp3) is 0.143. The van der Waals surface area contributed by atoms with Crippen LogP contribution in [0.2, 0.25) is 0 Å². The van der Waals surface area contributed by atoms with Crippen molar-refractivity contribution in [2.75, 3.05) is 5.32 Å². The van der Waals surface area contributed by atoms with Gasteiger partial charge in [0, 0.05) is 0 Å². The molecule has 0 saturated carbocycles. The molecule has 0 bridgehead atoms. The maximum atomic E-state index is 12.3. The van der Waals surface area contributed by atoms with Gasteiger partial charge in [0.1, 0.15) is 10.0 Å². The molecule has 1 N–H and O–H groups in total. The van der Waals surface area contributed by atoms with Gasteiger partial charge in [0.15, 0.2) is 0 Å². The highest BCUT2D eigenvalue weighted by atomic mass is 32.1. The molecule has 1 aliphatic rings. The number of carbonyl (C=O) groups excluding carboxylic acids is 2. The molecule has 0 fully saturated rings. The van der Waals surface area contributed by atoms with E-state index < -0.39 is 0 Å². The Balaban J connectivity index is 1.51. The van der Waals surface area contributed by atoms with Crippen LogP contribution >= 0.6 is 22.7 Å². The summed E-state index contributed by atoms with van der Waals surface area (Å²) in [7, 11) is 0. The zero-order chi connectivity index (χ0) is 16.7. The van der Waals surface area contributed by atoms with E-state index in [0.717, 1.165) is 5.01 Å². The van der Waals surface area contributed by atoms with Crippen LogP contribution in [0.5, 0.6) is 0 Å². The van der Waals surface area contributed by atoms with E-state index in [-0.39, 0.29) is 18.4 Å². The Kier molecular flexibility index (Phi) is 3.54. The summed E-state index contributed by atoms with van der Waals surface area (Å²) < 4.78 is 0. The predicted molar refractivity (Wildman–Crippen MR) is 88.5 cm³/mol. The lowest BCUT2D eigenvalue weighted by molar-refractivity contribution is 0.0642. The number of aryl methyl sites for hydroxylation is 1. The van der Waals surface area contributed by atoms with Crippen molar-refractivity contribution in [3.05, 3.63) is 45.4 Å². The number of fused-ring (bicyclic) bond motifs is 1. The molecule has 0 unspecified atom stereocenters. The molecule has 0 aliphatic carbocycles. The van der Waals surface area contributed by atoms with Crippen molar-refractivity contribution in [3.8, 4) is 0 Å². The van der Waals surface area contributed by atoms with Gasteiger partial charge in [-0.2, -0.15) is 0 Å². The highest BCUT2D eigenvalue weighted by Crippen LogP contribution is 2.27. The Morgan fingerprint density at radius 2 is 1.58 bits per heavy atom. The van der Waals surface area contributed by atoms with Crippen LogP contribution in [0.4, 0.5) is 10.3 Å². The molecule has 2 amide bonds. The summed E-state index contributed by atoms with van der Waals surface area (Å²) in [5.41, 5.74) is 0.851. The SMILES string of the molecule is Cc1nnc(Nc2nnc(CN3C(=O)c4ccccc4C3=O)s2)s1. The second-order valence-electron chi connectivity index (χ2n) is 4.99. The highest BCUT2D eigenvalue weighted by Gasteiger charge is 2.35. The minimum Gasteiger partial charge on any atom is -0.305 e. The number of nitrogens with zero attached hydrogens (tertiary/aromatic N) is 5. The molecule has 3 aromatic rings. The lowest BCUT2D eigenvalue weighted by Crippen LogP contribution is -2.29. The number of carbonyl (C=O) groups is 2. The van der Waals surface area contributed by atoms with E-state index in [1.54, 1.807) is 24.3 Å². The van der Waals surface area contributed by atoms with Crippen LogP contribution in [-0.2, 0) is 6.54 Å². The molecule has 0 spiro atoms. The highest BCUT2D eigenvalue weighted by molar-refractivity contribution is 7.17. The molecule has 0 radical (unpaired) electrons. The van der Waals surface area contributed by atoms with Crippen molar-refractivity contribution in [2.24, 2.45) is 0 Å². The summed E-state index contributed by atoms with van der Waals surface area (Å²) in [6.45, 7) is 1.96. The molecule has 24 heavy (non-hydrogen) atoms. The van der Waals surface area contributed by atoms with Crippen molar-refractivity contribution in [2.45, 2.75) is 13.5 Å². The first-order valence-corrected chi connectivity index (χ1v) is 8.60. The maximum Gasteiger partial charge on any atom is 0.261 e. The topological polar surface area (TPSA) is 101 Å². The van der Waals surface area contributed by atoms with Crippen molar-refractivity contribution >= 4 is 44.8 Å². The summed E-state index contributed by atoms with van der Waals surface area (Å²) in [4.78, 5) is 25.9. The van der Waals surface area contributed by atoms with Gasteiger partial charge in [-0.05, 0) is 19.1 Å². The van der Waals surface area contributed by atoms with E-state index in [9.17, 15) is 9.59 Å². The number of aromatic nitrogens is 4. The number of anilines is 2. The van der Waals surface area contributed by atoms with Crippen molar-refractivity contribution < 1.29 is 9.59 Å². The van der Waals surface area contributed by atoms with Crippen molar-refractivity contribution in [3.63, 3.8) is 0 Å². The molecule has 10 heteroatoms. The van der Waals surface area contributed by atoms with Gasteiger partial charge < -0.3 is 5.32 Å². The fourth-order valence-electron chi connectivity index (χ4n) is 2.32. The van der Waals surface area contributed by atoms with Crippen molar-refractivity contribution in [1.82, 2.24) is 25.3 Å². The number of rotatable bonds is 4. The van der Waals surface area contributed by atoms with E-state index in [0.29, 0.717) is 26.4 Å². The largest absolute Gasteiger partial charge is 0.305 e. The second kappa shape index (κ2) is 5.73. The standard InChI is InChI=1S/C14H10N6O2S2/c1-7-16-18-13(23-7)15-14-19-17-10(24-14)6-20-11(21)8-4-2-3-5-9(8)12(20)22/h2-5H,6H2,1H3,(H,15,18,19). The normalized spacial score (nSPS) is 13.5. The average molecular weight is 358 g/mol. The van der Waals surface area contributed by atoms with Gasteiger partial charge in [-0.3, -0.25) is 14.5 Å². The monoisotopic (exact) mass is 358 g/mol. The molecule has 3 heterocycles. The minimum atomic E-state index is -0.306. The second-order valence-corrected chi connectivity index (χ2v) is 7.24. The molecular formula is C14H10N6O2S2. The lowest BCUT2D eigenvalue weighted by Gasteiger charge is -2.10. The maximum absolute atomic E-state index is 12.3. The fourth-order valence-corrected chi connectivity index (χ4v) is 3.71. The van der Waals surface area contributed by atoms with Crippen LogP contribution in [-0.4, -0.2) is 37.1 Å². The van der Waals surface area contributed by atoms with Crippen molar-refractivity contribution in [1.29, 1.82) is 0 Å². The number of amides is 2. The predicted octanol–water partition coefficient (Wildman–Crippen LogP) is 2.24. The molecule has 120 valence electrons. The molecule has 0 saturated heterocycles. The molecule has 2 aromatic heterocycles. The molecule has 8 nitrogen and oxygen atoms in total. The van der Waals surface area contributed by atoms with Gasteiger partial charge in [-0.1, -0.05) is 34.8 Å². The van der Waals surface area contributed by atoms with Gasteiger partial charge in [0.05, 0.1) is 17.7 Å². The third kappa shape index (κ3) is 2.55. The smallest absolute Gasteiger partial charge is 0.261 e. The Hall–Kier alpha value is -2.72. The number of imide groups is 1. The summed E-state index contributed by atoms with van der Waals surface area (Å²) in [6.07, 6.45) is 0. The van der Waals surface area contributed by atoms with Gasteiger partial charge in [-0.25, -0.2) is 0 Å². The zero-order valence-corrected chi connectivity index (χ0v) is 14.0. The Bertz CT molecular complexity index is 915. The number of hydrogen-bond acceptors (Lipinski definition) is 9. The Morgan fingerprint density at radius 1 is 0.958 bits per heavy atom. The van der Waals surface area contributed by atoms with Gasteiger partial charge in [0.25, 0.3) is 11.8 Å². The molecule has 4 rings (SSSR count). The lowest BCUT2D eigenvalue weighted by atomic mass is 10.1. The minimum absolute atomic E-state index is 0.0981. The quantitative estimate of drug-likeness (QED) is 0.714. The molecule has 0 atom stereocenters. The molecule has 1 aromatic carbocycles. The zero-order valence-electron chi connectivity index (χ0n) is 12.4. The van der Waals surface area contributed by atoms with Crippen LogP contribution in [0.25, 0.3) is 0 Å². The van der Waals surface area contributed by atoms with Gasteiger partial charge in [-0.15, -0.1) is 20.4 Å². The van der Waals surface area contributed by atoms with Crippen LogP contribution in [0.3, 0.4) is 0 Å². The summed E-state index contributed by atoms with van der Waals surface area (Å²) in [5, 5.41) is 21.5. The van der Waals surface area contributed by atoms with E-state index in [4.69, 9.17) is 0 Å². The third-order valence-corrected chi connectivity index (χ3v) is 4.96. The van der Waals surface area contributed by atoms with Crippen LogP contribution in [0.1, 0.15) is 30.7 Å². The van der Waals surface area contributed by atoms with E-state index in [1.807, 2.05) is 6.92 Å². The third-order valence-electron chi connectivity index (χ3n) is 3.38. The summed E-state index contributed by atoms with van der Waals surface area (Å²) in [5.74, 6) is -0.611. The summed E-state index contributed by atoms with van der Waals surface area (Å²) >= 11 is 2.67.